The first-order valence-corrected chi connectivity index (χ1v) is 11.2. The molecule has 0 radical (unpaired) electrons. The van der Waals surface area contributed by atoms with Crippen molar-refractivity contribution in [3.63, 3.8) is 0 Å². The van der Waals surface area contributed by atoms with Crippen LogP contribution in [0.25, 0.3) is 10.9 Å². The van der Waals surface area contributed by atoms with E-state index in [0.29, 0.717) is 10.6 Å². The van der Waals surface area contributed by atoms with Crippen molar-refractivity contribution in [2.45, 2.75) is 76.0 Å². The average Bonchev–Trinajstić information content (AvgIpc) is 3.34. The summed E-state index contributed by atoms with van der Waals surface area (Å²) >= 11 is 0. The lowest BCUT2D eigenvalue weighted by atomic mass is 9.86. The molecule has 2 atom stereocenters. The number of benzene rings is 2. The molecule has 1 saturated carbocycles. The Morgan fingerprint density at radius 2 is 2.08 bits per heavy atom. The fourth-order valence-electron chi connectivity index (χ4n) is 4.02. The molecule has 2 heterocycles. The van der Waals surface area contributed by atoms with Gasteiger partial charge in [0.25, 0.3) is 0 Å². The van der Waals surface area contributed by atoms with Crippen LogP contribution >= 0.6 is 0 Å². The smallest absolute Gasteiger partial charge is 0.395 e. The van der Waals surface area contributed by atoms with Crippen LogP contribution < -0.4 is 9.47 Å². The van der Waals surface area contributed by atoms with Crippen LogP contribution in [-0.4, -0.2) is 39.5 Å². The van der Waals surface area contributed by atoms with E-state index in [1.54, 1.807) is 0 Å². The van der Waals surface area contributed by atoms with E-state index in [1.807, 2.05) is 0 Å². The molecule has 1 fully saturated rings. The monoisotopic (exact) mass is 530 g/mol. The van der Waals surface area contributed by atoms with Gasteiger partial charge in [-0.3, -0.25) is 4.79 Å². The van der Waals surface area contributed by atoms with Gasteiger partial charge in [0.1, 0.15) is 11.6 Å². The van der Waals surface area contributed by atoms with Crippen molar-refractivity contribution in [1.82, 2.24) is 4.57 Å². The van der Waals surface area contributed by atoms with Crippen LogP contribution in [0.5, 0.6) is 11.5 Å². The van der Waals surface area contributed by atoms with Crippen molar-refractivity contribution in [3.8, 4) is 11.5 Å². The summed E-state index contributed by atoms with van der Waals surface area (Å²) in [6.07, 6.45) is -15.5. The highest BCUT2D eigenvalue weighted by Crippen LogP contribution is 2.52. The molecule has 0 amide bonds. The molecule has 0 spiro atoms. The SMILES string of the molecule is [2H]c1c([2H])c(C2(C(=O)Cc3cc4cc(C(C)(CC)C([2H])([2H])[2H])n(C([2H])([2H])[C@]([2H])(O)CO)c4cc3F)C([2H])([2H])C2([2H])[2H])c([2H])c2c1OC(F)(F)O2. The molecule has 1 aliphatic carbocycles. The van der Waals surface area contributed by atoms with E-state index in [9.17, 15) is 23.8 Å². The zero-order valence-electron chi connectivity index (χ0n) is 32.6. The van der Waals surface area contributed by atoms with Gasteiger partial charge in [0, 0.05) is 32.5 Å². The molecule has 0 bridgehead atoms. The molecular formula is C28H30F3NO5. The van der Waals surface area contributed by atoms with Crippen molar-refractivity contribution in [3.05, 3.63) is 59.0 Å². The summed E-state index contributed by atoms with van der Waals surface area (Å²) < 4.78 is 161. The molecular weight excluding hydrogens is 487 g/mol. The molecule has 9 heteroatoms. The van der Waals surface area contributed by atoms with Crippen molar-refractivity contribution >= 4 is 16.7 Å². The third-order valence-corrected chi connectivity index (χ3v) is 6.34. The number of hydrogen-bond acceptors (Lipinski definition) is 5. The molecule has 3 aromatic rings. The second-order valence-electron chi connectivity index (χ2n) is 8.95. The predicted molar refractivity (Wildman–Crippen MR) is 131 cm³/mol. The fraction of sp³-hybridized carbons (Fsp3) is 0.464. The summed E-state index contributed by atoms with van der Waals surface area (Å²) in [7, 11) is 0. The number of ketones is 1. The zero-order valence-corrected chi connectivity index (χ0v) is 19.6. The number of rotatable bonds is 9. The van der Waals surface area contributed by atoms with Crippen LogP contribution in [-0.2, 0) is 28.5 Å². The van der Waals surface area contributed by atoms with Gasteiger partial charge in [-0.25, -0.2) is 4.39 Å². The van der Waals surface area contributed by atoms with E-state index in [4.69, 9.17) is 17.8 Å². The second kappa shape index (κ2) is 8.77. The van der Waals surface area contributed by atoms with Gasteiger partial charge in [0.15, 0.2) is 11.5 Å². The van der Waals surface area contributed by atoms with Crippen LogP contribution in [0.2, 0.25) is 0 Å². The molecule has 37 heavy (non-hydrogen) atoms. The molecule has 1 unspecified atom stereocenters. The van der Waals surface area contributed by atoms with Crippen LogP contribution in [0.3, 0.4) is 0 Å². The molecule has 2 aromatic carbocycles. The van der Waals surface area contributed by atoms with Gasteiger partial charge in [0.05, 0.1) is 38.3 Å². The number of halogens is 3. The average molecular weight is 531 g/mol. The Hall–Kier alpha value is -3.04. The highest BCUT2D eigenvalue weighted by Gasteiger charge is 2.52. The molecule has 2 aliphatic rings. The minimum atomic E-state index is -4.40. The van der Waals surface area contributed by atoms with Crippen LogP contribution in [0.4, 0.5) is 13.2 Å². The minimum Gasteiger partial charge on any atom is -0.395 e. The number of fused-ring (bicyclic) bond motifs is 2. The van der Waals surface area contributed by atoms with E-state index < -0.39 is 120 Å². The standard InChI is InChI=1S/C28H30F3NO5/c1-4-26(2,3)24-10-17-9-16(20(29)13-21(17)32(24)14-19(34)15-33)11-25(35)27(7-8-27)18-5-6-22-23(12-18)37-28(30,31)36-22/h5-6,9-10,12-13,19,33-34H,4,7-8,11,14-15H2,1-3H3/t19-/m0/s1/i2D3,5D,6D,7D2,8D2,12D,14D2,19D/t19-,26?. The maximum atomic E-state index is 16.0. The van der Waals surface area contributed by atoms with E-state index in [2.05, 4.69) is 9.47 Å². The summed E-state index contributed by atoms with van der Waals surface area (Å²) in [4.78, 5) is 14.1. The third kappa shape index (κ3) is 4.48. The normalized spacial score (nSPS) is 29.0. The Morgan fingerprint density at radius 3 is 2.73 bits per heavy atom. The Morgan fingerprint density at radius 1 is 1.35 bits per heavy atom. The van der Waals surface area contributed by atoms with Gasteiger partial charge in [-0.1, -0.05) is 26.7 Å². The van der Waals surface area contributed by atoms with Crippen LogP contribution in [0.15, 0.2) is 36.3 Å². The fourth-order valence-corrected chi connectivity index (χ4v) is 4.02. The zero-order chi connectivity index (χ0) is 38.2. The van der Waals surface area contributed by atoms with Crippen LogP contribution in [0, 0.1) is 5.82 Å². The van der Waals surface area contributed by atoms with Crippen molar-refractivity contribution in [2.75, 3.05) is 6.61 Å². The van der Waals surface area contributed by atoms with Gasteiger partial charge in [-0.2, -0.15) is 0 Å². The minimum absolute atomic E-state index is 0.150. The largest absolute Gasteiger partial charge is 0.586 e. The molecule has 1 aromatic heterocycles. The summed E-state index contributed by atoms with van der Waals surface area (Å²) in [6, 6.07) is -0.882. The number of hydrogen-bond donors (Lipinski definition) is 2. The number of aromatic nitrogens is 1. The van der Waals surface area contributed by atoms with Gasteiger partial charge < -0.3 is 24.3 Å². The summed E-state index contributed by atoms with van der Waals surface area (Å²) in [5.41, 5.74) is -7.50. The molecule has 0 saturated heterocycles. The Bertz CT molecular complexity index is 1930. The lowest BCUT2D eigenvalue weighted by Gasteiger charge is -2.26. The summed E-state index contributed by atoms with van der Waals surface area (Å²) in [5, 5.41) is 20.0. The van der Waals surface area contributed by atoms with Crippen molar-refractivity contribution < 1.29 is 55.5 Å². The van der Waals surface area contributed by atoms with Gasteiger partial charge in [-0.15, -0.1) is 8.78 Å². The number of aliphatic hydroxyl groups is 2. The maximum absolute atomic E-state index is 16.0. The third-order valence-electron chi connectivity index (χ3n) is 6.34. The van der Waals surface area contributed by atoms with Gasteiger partial charge in [0.2, 0.25) is 0 Å². The first kappa shape index (κ1) is 14.2. The first-order valence-electron chi connectivity index (χ1n) is 17.7. The van der Waals surface area contributed by atoms with Gasteiger partial charge >= 0.3 is 6.29 Å². The number of carbonyl (C=O) groups excluding carboxylic acids is 1. The maximum Gasteiger partial charge on any atom is 0.586 e. The summed E-state index contributed by atoms with van der Waals surface area (Å²) in [6.45, 7) is -4.91. The molecule has 6 nitrogen and oxygen atoms in total. The number of nitrogens with zero attached hydrogens (tertiary/aromatic N) is 1. The quantitative estimate of drug-likeness (QED) is 0.408. The molecule has 1 aliphatic heterocycles. The first-order chi connectivity index (χ1) is 22.5. The lowest BCUT2D eigenvalue weighted by molar-refractivity contribution is -0.286. The number of ether oxygens (including phenoxy) is 2. The van der Waals surface area contributed by atoms with E-state index in [0.717, 1.165) is 12.1 Å². The number of aliphatic hydroxyl groups excluding tert-OH is 1. The molecule has 2 N–H and O–H groups in total. The molecule has 5 rings (SSSR count). The Labute approximate surface area is 230 Å². The Balaban J connectivity index is 1.73. The summed E-state index contributed by atoms with van der Waals surface area (Å²) in [5.74, 6) is -4.99. The number of alkyl halides is 2. The van der Waals surface area contributed by atoms with Crippen LogP contribution in [0.1, 0.15) is 74.5 Å². The lowest BCUT2D eigenvalue weighted by Crippen LogP contribution is -2.26. The van der Waals surface area contributed by atoms with E-state index in [-0.39, 0.29) is 17.5 Å². The molecule has 198 valence electrons. The van der Waals surface area contributed by atoms with Crippen molar-refractivity contribution in [2.24, 2.45) is 0 Å². The predicted octanol–water partition coefficient (Wildman–Crippen LogP) is 4.99. The van der Waals surface area contributed by atoms with E-state index in [1.165, 1.54) is 13.8 Å². The van der Waals surface area contributed by atoms with Gasteiger partial charge in [-0.05, 0) is 60.6 Å². The topological polar surface area (TPSA) is 80.9 Å². The second-order valence-corrected chi connectivity index (χ2v) is 8.95. The highest BCUT2D eigenvalue weighted by molar-refractivity contribution is 5.95. The Kier molecular flexibility index (Phi) is 3.37. The number of carbonyl (C=O) groups is 1. The highest BCUT2D eigenvalue weighted by atomic mass is 19.3. The van der Waals surface area contributed by atoms with E-state index >= 15 is 4.39 Å². The number of Topliss-reactive ketones (excluding diaryl/α,β-unsaturated/α-hetero) is 1. The van der Waals surface area contributed by atoms with Crippen molar-refractivity contribution in [1.29, 1.82) is 0 Å².